The molecule has 4 heteroatoms. The number of pyridine rings is 1. The number of rotatable bonds is 6. The Balaban J connectivity index is 1.79. The second-order valence-electron chi connectivity index (χ2n) is 5.44. The van der Waals surface area contributed by atoms with Crippen LogP contribution in [0.15, 0.2) is 54.0 Å². The van der Waals surface area contributed by atoms with Gasteiger partial charge in [0.15, 0.2) is 0 Å². The highest BCUT2D eigenvalue weighted by Crippen LogP contribution is 2.25. The van der Waals surface area contributed by atoms with Crippen molar-refractivity contribution >= 4 is 21.6 Å². The number of thiophene rings is 1. The minimum absolute atomic E-state index is 0.139. The van der Waals surface area contributed by atoms with E-state index in [0.29, 0.717) is 6.42 Å². The molecule has 22 heavy (non-hydrogen) atoms. The highest BCUT2D eigenvalue weighted by Gasteiger charge is 2.15. The molecule has 0 fully saturated rings. The molecule has 0 radical (unpaired) electrons. The molecule has 2 N–H and O–H groups in total. The predicted octanol–water partition coefficient (Wildman–Crippen LogP) is 4.07. The van der Waals surface area contributed by atoms with Crippen molar-refractivity contribution in [3.05, 3.63) is 65.2 Å². The molecule has 2 atom stereocenters. The first-order valence-electron chi connectivity index (χ1n) is 7.53. The summed E-state index contributed by atoms with van der Waals surface area (Å²) in [5.41, 5.74) is 3.43. The first-order chi connectivity index (χ1) is 10.8. The fourth-order valence-electron chi connectivity index (χ4n) is 2.66. The molecule has 0 saturated carbocycles. The molecule has 0 spiro atoms. The molecular weight excluding hydrogens is 292 g/mol. The molecule has 0 amide bonds. The van der Waals surface area contributed by atoms with E-state index in [-0.39, 0.29) is 18.7 Å². The fraction of sp³-hybridized carbons (Fsp3) is 0.278. The van der Waals surface area contributed by atoms with Gasteiger partial charge in [-0.25, -0.2) is 0 Å². The van der Waals surface area contributed by atoms with Crippen LogP contribution in [0.1, 0.15) is 36.6 Å². The van der Waals surface area contributed by atoms with Crippen LogP contribution in [0.25, 0.3) is 10.2 Å². The van der Waals surface area contributed by atoms with Crippen molar-refractivity contribution in [2.75, 3.05) is 6.61 Å². The number of aromatic nitrogens is 1. The number of hydrogen-bond acceptors (Lipinski definition) is 4. The lowest BCUT2D eigenvalue weighted by Crippen LogP contribution is -2.25. The van der Waals surface area contributed by atoms with Gasteiger partial charge in [0.05, 0.1) is 10.2 Å². The Kier molecular flexibility index (Phi) is 4.83. The number of fused-ring (bicyclic) bond motifs is 1. The third kappa shape index (κ3) is 3.35. The number of nitrogens with zero attached hydrogens (tertiary/aromatic N) is 1. The summed E-state index contributed by atoms with van der Waals surface area (Å²) in [6.45, 7) is 2.31. The molecule has 0 aliphatic carbocycles. The zero-order valence-corrected chi connectivity index (χ0v) is 13.4. The van der Waals surface area contributed by atoms with E-state index in [4.69, 9.17) is 0 Å². The summed E-state index contributed by atoms with van der Waals surface area (Å²) in [7, 11) is 0. The average molecular weight is 312 g/mol. The van der Waals surface area contributed by atoms with Crippen molar-refractivity contribution < 1.29 is 5.11 Å². The van der Waals surface area contributed by atoms with Gasteiger partial charge in [-0.1, -0.05) is 30.3 Å². The van der Waals surface area contributed by atoms with E-state index in [0.717, 1.165) is 5.52 Å². The van der Waals surface area contributed by atoms with E-state index in [1.165, 1.54) is 15.8 Å². The third-order valence-electron chi connectivity index (χ3n) is 3.89. The molecule has 0 bridgehead atoms. The SMILES string of the molecule is CC(N[C@H](CCO)c1ccccc1)c1cnc2ccsc2c1. The van der Waals surface area contributed by atoms with Crippen LogP contribution in [0.3, 0.4) is 0 Å². The first-order valence-corrected chi connectivity index (χ1v) is 8.41. The summed E-state index contributed by atoms with van der Waals surface area (Å²) in [5, 5.41) is 15.0. The zero-order chi connectivity index (χ0) is 15.4. The minimum Gasteiger partial charge on any atom is -0.396 e. The maximum atomic E-state index is 9.34. The highest BCUT2D eigenvalue weighted by atomic mass is 32.1. The molecule has 0 aliphatic rings. The number of aliphatic hydroxyl groups is 1. The lowest BCUT2D eigenvalue weighted by Gasteiger charge is -2.23. The molecular formula is C18H20N2OS. The van der Waals surface area contributed by atoms with Crippen LogP contribution in [0.5, 0.6) is 0 Å². The number of hydrogen-bond donors (Lipinski definition) is 2. The summed E-state index contributed by atoms with van der Waals surface area (Å²) < 4.78 is 1.21. The lowest BCUT2D eigenvalue weighted by atomic mass is 10.0. The number of benzene rings is 1. The molecule has 3 rings (SSSR count). The molecule has 2 aromatic heterocycles. The molecule has 0 aliphatic heterocycles. The third-order valence-corrected chi connectivity index (χ3v) is 4.75. The fourth-order valence-corrected chi connectivity index (χ4v) is 3.45. The zero-order valence-electron chi connectivity index (χ0n) is 12.6. The topological polar surface area (TPSA) is 45.1 Å². The smallest absolute Gasteiger partial charge is 0.0809 e. The maximum Gasteiger partial charge on any atom is 0.0809 e. The summed E-state index contributed by atoms with van der Waals surface area (Å²) in [6, 6.07) is 14.8. The van der Waals surface area contributed by atoms with E-state index in [1.54, 1.807) is 11.3 Å². The Hall–Kier alpha value is -1.75. The molecule has 0 saturated heterocycles. The van der Waals surface area contributed by atoms with Gasteiger partial charge in [0.25, 0.3) is 0 Å². The minimum atomic E-state index is 0.139. The van der Waals surface area contributed by atoms with Gasteiger partial charge in [-0.3, -0.25) is 4.98 Å². The van der Waals surface area contributed by atoms with Crippen LogP contribution < -0.4 is 5.32 Å². The summed E-state index contributed by atoms with van der Waals surface area (Å²) in [5.74, 6) is 0. The number of nitrogens with one attached hydrogen (secondary N) is 1. The van der Waals surface area contributed by atoms with Gasteiger partial charge in [-0.2, -0.15) is 0 Å². The predicted molar refractivity (Wildman–Crippen MR) is 92.1 cm³/mol. The largest absolute Gasteiger partial charge is 0.396 e. The van der Waals surface area contributed by atoms with Crippen molar-refractivity contribution in [3.8, 4) is 0 Å². The van der Waals surface area contributed by atoms with Gasteiger partial charge in [0.2, 0.25) is 0 Å². The molecule has 3 nitrogen and oxygen atoms in total. The van der Waals surface area contributed by atoms with Gasteiger partial charge in [-0.15, -0.1) is 11.3 Å². The Morgan fingerprint density at radius 3 is 2.77 bits per heavy atom. The van der Waals surface area contributed by atoms with Crippen LogP contribution in [0, 0.1) is 0 Å². The van der Waals surface area contributed by atoms with Gasteiger partial charge in [0.1, 0.15) is 0 Å². The average Bonchev–Trinajstić information content (AvgIpc) is 3.02. The van der Waals surface area contributed by atoms with Crippen LogP contribution in [-0.4, -0.2) is 16.7 Å². The van der Waals surface area contributed by atoms with Gasteiger partial charge >= 0.3 is 0 Å². The van der Waals surface area contributed by atoms with E-state index >= 15 is 0 Å². The lowest BCUT2D eigenvalue weighted by molar-refractivity contribution is 0.260. The normalized spacial score (nSPS) is 14.1. The van der Waals surface area contributed by atoms with Crippen molar-refractivity contribution in [3.63, 3.8) is 0 Å². The molecule has 114 valence electrons. The highest BCUT2D eigenvalue weighted by molar-refractivity contribution is 7.17. The quantitative estimate of drug-likeness (QED) is 0.721. The van der Waals surface area contributed by atoms with Crippen molar-refractivity contribution in [1.29, 1.82) is 0 Å². The number of aliphatic hydroxyl groups excluding tert-OH is 1. The Labute approximate surface area is 134 Å². The second kappa shape index (κ2) is 7.01. The Bertz CT molecular complexity index is 726. The Morgan fingerprint density at radius 1 is 1.18 bits per heavy atom. The van der Waals surface area contributed by atoms with E-state index in [2.05, 4.69) is 40.8 Å². The first kappa shape index (κ1) is 15.2. The van der Waals surface area contributed by atoms with Crippen LogP contribution in [-0.2, 0) is 0 Å². The van der Waals surface area contributed by atoms with Crippen molar-refractivity contribution in [2.24, 2.45) is 0 Å². The monoisotopic (exact) mass is 312 g/mol. The summed E-state index contributed by atoms with van der Waals surface area (Å²) >= 11 is 1.71. The van der Waals surface area contributed by atoms with E-state index in [9.17, 15) is 5.11 Å². The molecule has 1 unspecified atom stereocenters. The maximum absolute atomic E-state index is 9.34. The van der Waals surface area contributed by atoms with Crippen LogP contribution in [0.4, 0.5) is 0 Å². The van der Waals surface area contributed by atoms with Gasteiger partial charge < -0.3 is 10.4 Å². The van der Waals surface area contributed by atoms with Gasteiger partial charge in [-0.05, 0) is 42.0 Å². The van der Waals surface area contributed by atoms with Crippen LogP contribution in [0.2, 0.25) is 0 Å². The van der Waals surface area contributed by atoms with E-state index < -0.39 is 0 Å². The molecule has 1 aromatic carbocycles. The summed E-state index contributed by atoms with van der Waals surface area (Å²) in [6.07, 6.45) is 2.64. The summed E-state index contributed by atoms with van der Waals surface area (Å²) in [4.78, 5) is 4.51. The molecule has 2 heterocycles. The van der Waals surface area contributed by atoms with Crippen molar-refractivity contribution in [2.45, 2.75) is 25.4 Å². The van der Waals surface area contributed by atoms with Gasteiger partial charge in [0, 0.05) is 24.9 Å². The second-order valence-corrected chi connectivity index (χ2v) is 6.38. The Morgan fingerprint density at radius 2 is 2.00 bits per heavy atom. The standard InChI is InChI=1S/C18H20N2OS/c1-13(15-11-18-17(19-12-15)8-10-22-18)20-16(7-9-21)14-5-3-2-4-6-14/h2-6,8,10-13,16,20-21H,7,9H2,1H3/t13?,16-/m1/s1. The molecule has 3 aromatic rings. The van der Waals surface area contributed by atoms with E-state index in [1.807, 2.05) is 30.5 Å². The van der Waals surface area contributed by atoms with Crippen LogP contribution >= 0.6 is 11.3 Å². The van der Waals surface area contributed by atoms with Crippen molar-refractivity contribution in [1.82, 2.24) is 10.3 Å².